The average Bonchev–Trinajstić information content (AvgIpc) is 2.40. The summed E-state index contributed by atoms with van der Waals surface area (Å²) in [4.78, 5) is 15.7. The predicted octanol–water partition coefficient (Wildman–Crippen LogP) is 3.54. The largest absolute Gasteiger partial charge is 0.361 e. The van der Waals surface area contributed by atoms with Gasteiger partial charge < -0.3 is 5.32 Å². The van der Waals surface area contributed by atoms with E-state index in [9.17, 15) is 4.79 Å². The van der Waals surface area contributed by atoms with Crippen molar-refractivity contribution in [3.8, 4) is 0 Å². The molecule has 0 saturated heterocycles. The van der Waals surface area contributed by atoms with Gasteiger partial charge in [0.2, 0.25) is 0 Å². The van der Waals surface area contributed by atoms with Crippen molar-refractivity contribution >= 4 is 23.1 Å². The summed E-state index contributed by atoms with van der Waals surface area (Å²) in [6.45, 7) is 0. The number of benzene rings is 1. The summed E-state index contributed by atoms with van der Waals surface area (Å²) in [6, 6.07) is 10.4. The van der Waals surface area contributed by atoms with Crippen molar-refractivity contribution in [1.29, 1.82) is 0 Å². The number of ketones is 1. The Morgan fingerprint density at radius 3 is 2.44 bits per heavy atom. The molecule has 90 valence electrons. The number of hydrogen-bond acceptors (Lipinski definition) is 3. The van der Waals surface area contributed by atoms with Gasteiger partial charge >= 0.3 is 0 Å². The molecule has 0 amide bonds. The topological polar surface area (TPSA) is 42.0 Å². The van der Waals surface area contributed by atoms with E-state index in [1.54, 1.807) is 42.9 Å². The summed E-state index contributed by atoms with van der Waals surface area (Å²) in [5.41, 5.74) is 1.48. The SMILES string of the molecule is O=C(C=CNc1ccncc1)c1ccc(Cl)cc1. The number of nitrogens with zero attached hydrogens (tertiary/aromatic N) is 1. The van der Waals surface area contributed by atoms with Crippen LogP contribution in [0, 0.1) is 0 Å². The average molecular weight is 259 g/mol. The molecule has 4 heteroatoms. The first kappa shape index (κ1) is 12.3. The number of rotatable bonds is 4. The van der Waals surface area contributed by atoms with Crippen molar-refractivity contribution in [2.24, 2.45) is 0 Å². The molecular weight excluding hydrogens is 248 g/mol. The highest BCUT2D eigenvalue weighted by Crippen LogP contribution is 2.10. The van der Waals surface area contributed by atoms with Crippen molar-refractivity contribution in [2.75, 3.05) is 5.32 Å². The molecule has 18 heavy (non-hydrogen) atoms. The number of nitrogens with one attached hydrogen (secondary N) is 1. The predicted molar refractivity (Wildman–Crippen MR) is 72.8 cm³/mol. The number of hydrogen-bond donors (Lipinski definition) is 1. The van der Waals surface area contributed by atoms with Crippen molar-refractivity contribution in [3.05, 3.63) is 71.7 Å². The first-order chi connectivity index (χ1) is 8.75. The standard InChI is InChI=1S/C14H11ClN2O/c15-12-3-1-11(2-4-12)14(18)7-10-17-13-5-8-16-9-6-13/h1-10H,(H,16,17). The Hall–Kier alpha value is -2.13. The van der Waals surface area contributed by atoms with Crippen LogP contribution in [0.15, 0.2) is 61.1 Å². The first-order valence-electron chi connectivity index (χ1n) is 5.39. The summed E-state index contributed by atoms with van der Waals surface area (Å²) in [7, 11) is 0. The number of carbonyl (C=O) groups is 1. The van der Waals surface area contributed by atoms with E-state index in [1.807, 2.05) is 12.1 Å². The van der Waals surface area contributed by atoms with Gasteiger partial charge in [-0.25, -0.2) is 0 Å². The highest BCUT2D eigenvalue weighted by molar-refractivity contribution is 6.30. The molecule has 0 aliphatic rings. The van der Waals surface area contributed by atoms with Crippen molar-refractivity contribution < 1.29 is 4.79 Å². The number of halogens is 1. The molecule has 1 aromatic heterocycles. The van der Waals surface area contributed by atoms with Crippen LogP contribution < -0.4 is 5.32 Å². The molecule has 1 heterocycles. The van der Waals surface area contributed by atoms with Crippen LogP contribution in [0.5, 0.6) is 0 Å². The quantitative estimate of drug-likeness (QED) is 0.674. The van der Waals surface area contributed by atoms with Crippen LogP contribution in [0.4, 0.5) is 5.69 Å². The number of allylic oxidation sites excluding steroid dienone is 1. The fourth-order valence-corrected chi connectivity index (χ4v) is 1.50. The highest BCUT2D eigenvalue weighted by atomic mass is 35.5. The van der Waals surface area contributed by atoms with E-state index < -0.39 is 0 Å². The summed E-state index contributed by atoms with van der Waals surface area (Å²) < 4.78 is 0. The maximum absolute atomic E-state index is 11.8. The fraction of sp³-hybridized carbons (Fsp3) is 0. The van der Waals surface area contributed by atoms with E-state index in [-0.39, 0.29) is 5.78 Å². The van der Waals surface area contributed by atoms with Crippen LogP contribution in [-0.2, 0) is 0 Å². The van der Waals surface area contributed by atoms with Gasteiger partial charge in [0.05, 0.1) is 0 Å². The fourth-order valence-electron chi connectivity index (χ4n) is 1.37. The molecule has 0 aliphatic heterocycles. The van der Waals surface area contributed by atoms with Gasteiger partial charge in [0, 0.05) is 40.9 Å². The van der Waals surface area contributed by atoms with Gasteiger partial charge in [-0.15, -0.1) is 0 Å². The minimum Gasteiger partial charge on any atom is -0.361 e. The van der Waals surface area contributed by atoms with E-state index in [0.29, 0.717) is 10.6 Å². The molecular formula is C14H11ClN2O. The van der Waals surface area contributed by atoms with Crippen molar-refractivity contribution in [1.82, 2.24) is 4.98 Å². The Balaban J connectivity index is 1.97. The van der Waals surface area contributed by atoms with E-state index >= 15 is 0 Å². The Kier molecular flexibility index (Phi) is 4.10. The van der Waals surface area contributed by atoms with Gasteiger partial charge in [-0.1, -0.05) is 11.6 Å². The third-order valence-corrected chi connectivity index (χ3v) is 2.55. The second kappa shape index (κ2) is 5.98. The van der Waals surface area contributed by atoms with Gasteiger partial charge in [-0.3, -0.25) is 9.78 Å². The molecule has 0 radical (unpaired) electrons. The van der Waals surface area contributed by atoms with Crippen LogP contribution in [-0.4, -0.2) is 10.8 Å². The summed E-state index contributed by atoms with van der Waals surface area (Å²) in [5.74, 6) is -0.0757. The lowest BCUT2D eigenvalue weighted by Crippen LogP contribution is -1.95. The lowest BCUT2D eigenvalue weighted by atomic mass is 10.1. The van der Waals surface area contributed by atoms with E-state index in [4.69, 9.17) is 11.6 Å². The highest BCUT2D eigenvalue weighted by Gasteiger charge is 2.00. The molecule has 3 nitrogen and oxygen atoms in total. The third-order valence-electron chi connectivity index (χ3n) is 2.29. The second-order valence-electron chi connectivity index (χ2n) is 3.58. The molecule has 0 fully saturated rings. The zero-order valence-corrected chi connectivity index (χ0v) is 10.3. The molecule has 2 rings (SSSR count). The number of pyridine rings is 1. The van der Waals surface area contributed by atoms with Crippen molar-refractivity contribution in [2.45, 2.75) is 0 Å². The maximum atomic E-state index is 11.8. The Bertz CT molecular complexity index is 550. The molecule has 0 bridgehead atoms. The lowest BCUT2D eigenvalue weighted by molar-refractivity contribution is 0.104. The zero-order chi connectivity index (χ0) is 12.8. The minimum absolute atomic E-state index is 0.0757. The Morgan fingerprint density at radius 1 is 1.11 bits per heavy atom. The molecule has 1 N–H and O–H groups in total. The molecule has 0 aliphatic carbocycles. The number of carbonyl (C=O) groups excluding carboxylic acids is 1. The molecule has 2 aromatic rings. The van der Waals surface area contributed by atoms with E-state index in [2.05, 4.69) is 10.3 Å². The third kappa shape index (κ3) is 3.43. The van der Waals surface area contributed by atoms with Crippen LogP contribution in [0.1, 0.15) is 10.4 Å². The van der Waals surface area contributed by atoms with Crippen LogP contribution in [0.25, 0.3) is 0 Å². The van der Waals surface area contributed by atoms with Gasteiger partial charge in [0.1, 0.15) is 0 Å². The first-order valence-corrected chi connectivity index (χ1v) is 5.76. The van der Waals surface area contributed by atoms with Crippen LogP contribution in [0.3, 0.4) is 0 Å². The molecule has 0 saturated carbocycles. The monoisotopic (exact) mass is 258 g/mol. The molecule has 0 atom stereocenters. The second-order valence-corrected chi connectivity index (χ2v) is 4.02. The van der Waals surface area contributed by atoms with Gasteiger partial charge in [-0.2, -0.15) is 0 Å². The Morgan fingerprint density at radius 2 is 1.78 bits per heavy atom. The lowest BCUT2D eigenvalue weighted by Gasteiger charge is -1.99. The van der Waals surface area contributed by atoms with E-state index in [0.717, 1.165) is 5.69 Å². The molecule has 1 aromatic carbocycles. The van der Waals surface area contributed by atoms with E-state index in [1.165, 1.54) is 6.08 Å². The summed E-state index contributed by atoms with van der Waals surface area (Å²) >= 11 is 5.75. The smallest absolute Gasteiger partial charge is 0.187 e. The Labute approximate surface area is 110 Å². The van der Waals surface area contributed by atoms with Crippen LogP contribution in [0.2, 0.25) is 5.02 Å². The summed E-state index contributed by atoms with van der Waals surface area (Å²) in [6.07, 6.45) is 6.43. The number of anilines is 1. The maximum Gasteiger partial charge on any atom is 0.187 e. The van der Waals surface area contributed by atoms with Crippen LogP contribution >= 0.6 is 11.6 Å². The van der Waals surface area contributed by atoms with Gasteiger partial charge in [0.25, 0.3) is 0 Å². The number of aromatic nitrogens is 1. The summed E-state index contributed by atoms with van der Waals surface area (Å²) in [5, 5.41) is 3.61. The zero-order valence-electron chi connectivity index (χ0n) is 9.51. The van der Waals surface area contributed by atoms with Crippen molar-refractivity contribution in [3.63, 3.8) is 0 Å². The van der Waals surface area contributed by atoms with Gasteiger partial charge in [-0.05, 0) is 36.4 Å². The molecule has 0 spiro atoms. The normalized spacial score (nSPS) is 10.5. The van der Waals surface area contributed by atoms with Gasteiger partial charge in [0.15, 0.2) is 5.78 Å². The minimum atomic E-state index is -0.0757. The molecule has 0 unspecified atom stereocenters.